The number of nitrogens with one attached hydrogen (secondary N) is 2. The van der Waals surface area contributed by atoms with Crippen LogP contribution in [0.25, 0.3) is 0 Å². The van der Waals surface area contributed by atoms with Gasteiger partial charge in [-0.1, -0.05) is 0 Å². The number of anilines is 1. The van der Waals surface area contributed by atoms with Gasteiger partial charge in [-0.05, 0) is 15.9 Å². The fourth-order valence-corrected chi connectivity index (χ4v) is 1.31. The molecular formula is C8H8BrN5. The van der Waals surface area contributed by atoms with Crippen LogP contribution >= 0.6 is 15.9 Å². The van der Waals surface area contributed by atoms with Gasteiger partial charge in [-0.15, -0.1) is 0 Å². The van der Waals surface area contributed by atoms with Gasteiger partial charge in [-0.3, -0.25) is 5.10 Å². The average molecular weight is 254 g/mol. The predicted molar refractivity (Wildman–Crippen MR) is 55.6 cm³/mol. The van der Waals surface area contributed by atoms with Gasteiger partial charge in [-0.2, -0.15) is 5.10 Å². The third kappa shape index (κ3) is 2.29. The quantitative estimate of drug-likeness (QED) is 0.816. The molecule has 0 aliphatic heterocycles. The number of hydrogen-bond acceptors (Lipinski definition) is 4. The fraction of sp³-hybridized carbons (Fsp3) is 0.125. The van der Waals surface area contributed by atoms with E-state index in [2.05, 4.69) is 41.4 Å². The normalized spacial score (nSPS) is 10.1. The highest BCUT2D eigenvalue weighted by Crippen LogP contribution is 2.10. The third-order valence-electron chi connectivity index (χ3n) is 1.66. The molecule has 0 radical (unpaired) electrons. The van der Waals surface area contributed by atoms with E-state index in [0.717, 1.165) is 16.0 Å². The molecule has 0 saturated heterocycles. The van der Waals surface area contributed by atoms with Crippen LogP contribution in [0.5, 0.6) is 0 Å². The maximum absolute atomic E-state index is 4.06. The summed E-state index contributed by atoms with van der Waals surface area (Å²) in [6.45, 7) is 0.694. The molecule has 0 aliphatic rings. The minimum Gasteiger partial charge on any atom is -0.366 e. The standard InChI is InChI=1S/C8H8BrN5/c9-7-1-8(12-5-11-7)10-2-6-3-13-14-4-6/h1,3-5H,2H2,(H,13,14)(H,10,11,12). The lowest BCUT2D eigenvalue weighted by molar-refractivity contribution is 1.07. The Morgan fingerprint density at radius 1 is 1.43 bits per heavy atom. The molecule has 2 aromatic heterocycles. The van der Waals surface area contributed by atoms with E-state index < -0.39 is 0 Å². The van der Waals surface area contributed by atoms with Crippen LogP contribution in [-0.4, -0.2) is 20.2 Å². The van der Waals surface area contributed by atoms with E-state index in [9.17, 15) is 0 Å². The van der Waals surface area contributed by atoms with E-state index in [0.29, 0.717) is 6.54 Å². The van der Waals surface area contributed by atoms with Gasteiger partial charge in [0.15, 0.2) is 0 Å². The molecule has 0 amide bonds. The first-order valence-corrected chi connectivity index (χ1v) is 4.83. The highest BCUT2D eigenvalue weighted by Gasteiger charge is 1.96. The molecule has 72 valence electrons. The van der Waals surface area contributed by atoms with Gasteiger partial charge in [0.05, 0.1) is 6.20 Å². The summed E-state index contributed by atoms with van der Waals surface area (Å²) in [4.78, 5) is 7.99. The van der Waals surface area contributed by atoms with E-state index in [1.165, 1.54) is 6.33 Å². The lowest BCUT2D eigenvalue weighted by Gasteiger charge is -2.02. The van der Waals surface area contributed by atoms with Crippen molar-refractivity contribution in [2.75, 3.05) is 5.32 Å². The molecule has 0 aliphatic carbocycles. The monoisotopic (exact) mass is 253 g/mol. The Bertz CT molecular complexity index is 400. The Kier molecular flexibility index (Phi) is 2.73. The summed E-state index contributed by atoms with van der Waals surface area (Å²) in [7, 11) is 0. The summed E-state index contributed by atoms with van der Waals surface area (Å²) in [5, 5.41) is 9.74. The van der Waals surface area contributed by atoms with Gasteiger partial charge in [0, 0.05) is 24.4 Å². The van der Waals surface area contributed by atoms with Crippen molar-refractivity contribution in [2.24, 2.45) is 0 Å². The molecule has 0 unspecified atom stereocenters. The molecule has 14 heavy (non-hydrogen) atoms. The van der Waals surface area contributed by atoms with Crippen LogP contribution in [-0.2, 0) is 6.54 Å². The SMILES string of the molecule is Brc1cc(NCc2cn[nH]c2)ncn1. The first-order chi connectivity index (χ1) is 6.84. The summed E-state index contributed by atoms with van der Waals surface area (Å²) in [6.07, 6.45) is 5.11. The first kappa shape index (κ1) is 9.14. The Morgan fingerprint density at radius 2 is 2.36 bits per heavy atom. The summed E-state index contributed by atoms with van der Waals surface area (Å²) in [5.41, 5.74) is 1.08. The van der Waals surface area contributed by atoms with Gasteiger partial charge >= 0.3 is 0 Å². The minimum atomic E-state index is 0.694. The highest BCUT2D eigenvalue weighted by molar-refractivity contribution is 9.10. The predicted octanol–water partition coefficient (Wildman–Crippen LogP) is 1.57. The molecule has 0 aromatic carbocycles. The highest BCUT2D eigenvalue weighted by atomic mass is 79.9. The number of nitrogens with zero attached hydrogens (tertiary/aromatic N) is 3. The second-order valence-electron chi connectivity index (χ2n) is 2.69. The van der Waals surface area contributed by atoms with Crippen LogP contribution in [0.3, 0.4) is 0 Å². The van der Waals surface area contributed by atoms with Gasteiger partial charge in [0.2, 0.25) is 0 Å². The van der Waals surface area contributed by atoms with Gasteiger partial charge in [-0.25, -0.2) is 9.97 Å². The van der Waals surface area contributed by atoms with Crippen molar-refractivity contribution in [3.63, 3.8) is 0 Å². The first-order valence-electron chi connectivity index (χ1n) is 4.03. The molecule has 2 heterocycles. The van der Waals surface area contributed by atoms with E-state index in [-0.39, 0.29) is 0 Å². The van der Waals surface area contributed by atoms with Crippen LogP contribution in [0.1, 0.15) is 5.56 Å². The molecule has 2 N–H and O–H groups in total. The number of aromatic nitrogens is 4. The molecular weight excluding hydrogens is 246 g/mol. The molecule has 2 aromatic rings. The number of aromatic amines is 1. The molecule has 6 heteroatoms. The van der Waals surface area contributed by atoms with Crippen molar-refractivity contribution in [1.82, 2.24) is 20.2 Å². The van der Waals surface area contributed by atoms with E-state index in [1.54, 1.807) is 6.20 Å². The molecule has 2 rings (SSSR count). The second-order valence-corrected chi connectivity index (χ2v) is 3.50. The van der Waals surface area contributed by atoms with Crippen LogP contribution in [0.2, 0.25) is 0 Å². The van der Waals surface area contributed by atoms with Crippen molar-refractivity contribution in [3.05, 3.63) is 35.0 Å². The lowest BCUT2D eigenvalue weighted by Crippen LogP contribution is -2.00. The molecule has 0 spiro atoms. The van der Waals surface area contributed by atoms with Crippen molar-refractivity contribution < 1.29 is 0 Å². The third-order valence-corrected chi connectivity index (χ3v) is 2.10. The van der Waals surface area contributed by atoms with E-state index in [4.69, 9.17) is 0 Å². The molecule has 0 bridgehead atoms. The lowest BCUT2D eigenvalue weighted by atomic mass is 10.3. The Labute approximate surface area is 89.1 Å². The summed E-state index contributed by atoms with van der Waals surface area (Å²) in [6, 6.07) is 1.82. The van der Waals surface area contributed by atoms with Gasteiger partial charge < -0.3 is 5.32 Å². The molecule has 0 atom stereocenters. The van der Waals surface area contributed by atoms with Crippen LogP contribution < -0.4 is 5.32 Å². The van der Waals surface area contributed by atoms with Crippen molar-refractivity contribution in [1.29, 1.82) is 0 Å². The maximum atomic E-state index is 4.06. The zero-order chi connectivity index (χ0) is 9.80. The Hall–Kier alpha value is -1.43. The summed E-state index contributed by atoms with van der Waals surface area (Å²) in [5.74, 6) is 0.785. The topological polar surface area (TPSA) is 66.5 Å². The van der Waals surface area contributed by atoms with Crippen molar-refractivity contribution in [2.45, 2.75) is 6.54 Å². The Morgan fingerprint density at radius 3 is 3.07 bits per heavy atom. The van der Waals surface area contributed by atoms with Crippen molar-refractivity contribution >= 4 is 21.7 Å². The number of halogens is 1. The zero-order valence-corrected chi connectivity index (χ0v) is 8.82. The van der Waals surface area contributed by atoms with Crippen molar-refractivity contribution in [3.8, 4) is 0 Å². The summed E-state index contributed by atoms with van der Waals surface area (Å²) >= 11 is 3.27. The minimum absolute atomic E-state index is 0.694. The largest absolute Gasteiger partial charge is 0.366 e. The smallest absolute Gasteiger partial charge is 0.130 e. The number of rotatable bonds is 3. The zero-order valence-electron chi connectivity index (χ0n) is 7.24. The van der Waals surface area contributed by atoms with Crippen LogP contribution in [0.4, 0.5) is 5.82 Å². The number of H-pyrrole nitrogens is 1. The summed E-state index contributed by atoms with van der Waals surface area (Å²) < 4.78 is 0.766. The van der Waals surface area contributed by atoms with E-state index >= 15 is 0 Å². The maximum Gasteiger partial charge on any atom is 0.130 e. The fourth-order valence-electron chi connectivity index (χ4n) is 0.997. The van der Waals surface area contributed by atoms with Gasteiger partial charge in [0.25, 0.3) is 0 Å². The molecule has 5 nitrogen and oxygen atoms in total. The van der Waals surface area contributed by atoms with E-state index in [1.807, 2.05) is 12.3 Å². The second kappa shape index (κ2) is 4.19. The Balaban J connectivity index is 1.98. The average Bonchev–Trinajstić information content (AvgIpc) is 2.67. The van der Waals surface area contributed by atoms with Crippen LogP contribution in [0, 0.1) is 0 Å². The van der Waals surface area contributed by atoms with Crippen LogP contribution in [0.15, 0.2) is 29.4 Å². The number of hydrogen-bond donors (Lipinski definition) is 2. The molecule has 0 saturated carbocycles. The molecule has 0 fully saturated rings. The van der Waals surface area contributed by atoms with Gasteiger partial charge in [0.1, 0.15) is 16.7 Å².